The first-order chi connectivity index (χ1) is 14.3. The fourth-order valence-corrected chi connectivity index (χ4v) is 1.82. The summed E-state index contributed by atoms with van der Waals surface area (Å²) < 4.78 is 0. The van der Waals surface area contributed by atoms with Crippen molar-refractivity contribution in [1.82, 2.24) is 0 Å². The van der Waals surface area contributed by atoms with Crippen molar-refractivity contribution in [2.75, 3.05) is 5.75 Å². The van der Waals surface area contributed by atoms with Gasteiger partial charge in [-0.1, -0.05) is 84.4 Å². The van der Waals surface area contributed by atoms with E-state index in [0.29, 0.717) is 0 Å². The largest absolute Gasteiger partial charge is 0.478 e. The number of hydrogen-bond acceptors (Lipinski definition) is 4. The molecule has 182 valence electrons. The Labute approximate surface area is 194 Å². The minimum absolute atomic E-state index is 0.176. The Morgan fingerprint density at radius 2 is 0.774 bits per heavy atom. The van der Waals surface area contributed by atoms with Crippen LogP contribution in [-0.4, -0.2) is 39.0 Å². The molecular formula is C24H44O6S. The van der Waals surface area contributed by atoms with Gasteiger partial charge in [0.15, 0.2) is 0 Å². The third-order valence-electron chi connectivity index (χ3n) is 3.61. The lowest BCUT2D eigenvalue weighted by molar-refractivity contribution is -0.133. The molecule has 0 atom stereocenters. The van der Waals surface area contributed by atoms with Crippen LogP contribution in [0.3, 0.4) is 0 Å². The highest BCUT2D eigenvalue weighted by Gasteiger charge is 1.92. The summed E-state index contributed by atoms with van der Waals surface area (Å²) in [5, 5.41) is 23.7. The van der Waals surface area contributed by atoms with Gasteiger partial charge in [-0.25, -0.2) is 14.4 Å². The van der Waals surface area contributed by atoms with Crippen molar-refractivity contribution in [3.05, 3.63) is 36.5 Å². The molecule has 0 aromatic heterocycles. The summed E-state index contributed by atoms with van der Waals surface area (Å²) >= 11 is 4.20. The molecule has 0 aliphatic heterocycles. The maximum atomic E-state index is 9.60. The molecule has 0 unspecified atom stereocenters. The lowest BCUT2D eigenvalue weighted by atomic mass is 10.1. The van der Waals surface area contributed by atoms with E-state index in [9.17, 15) is 14.4 Å². The van der Waals surface area contributed by atoms with E-state index in [1.165, 1.54) is 85.0 Å². The van der Waals surface area contributed by atoms with Crippen molar-refractivity contribution >= 4 is 30.5 Å². The van der Waals surface area contributed by atoms with Crippen LogP contribution < -0.4 is 0 Å². The predicted octanol–water partition coefficient (Wildman–Crippen LogP) is 6.78. The number of carbonyl (C=O) groups is 3. The van der Waals surface area contributed by atoms with E-state index >= 15 is 0 Å². The highest BCUT2D eigenvalue weighted by atomic mass is 32.1. The normalized spacial score (nSPS) is 8.81. The van der Waals surface area contributed by atoms with E-state index in [1.54, 1.807) is 0 Å². The van der Waals surface area contributed by atoms with Crippen LogP contribution in [0.15, 0.2) is 36.5 Å². The van der Waals surface area contributed by atoms with E-state index in [-0.39, 0.29) is 16.7 Å². The first kappa shape index (κ1) is 36.4. The summed E-state index contributed by atoms with van der Waals surface area (Å²) in [6.45, 7) is 16.1. The monoisotopic (exact) mass is 460 g/mol. The molecule has 0 amide bonds. The Bertz CT molecular complexity index is 423. The van der Waals surface area contributed by atoms with Gasteiger partial charge in [-0.05, 0) is 32.9 Å². The van der Waals surface area contributed by atoms with Crippen molar-refractivity contribution in [2.45, 2.75) is 91.9 Å². The minimum Gasteiger partial charge on any atom is -0.478 e. The van der Waals surface area contributed by atoms with Crippen LogP contribution >= 0.6 is 12.6 Å². The lowest BCUT2D eigenvalue weighted by Crippen LogP contribution is -1.92. The summed E-state index contributed by atoms with van der Waals surface area (Å²) in [4.78, 5) is 28.8. The molecule has 6 nitrogen and oxygen atoms in total. The van der Waals surface area contributed by atoms with Crippen LogP contribution in [0.5, 0.6) is 0 Å². The van der Waals surface area contributed by atoms with E-state index in [0.717, 1.165) is 5.75 Å². The van der Waals surface area contributed by atoms with Gasteiger partial charge in [0.25, 0.3) is 0 Å². The van der Waals surface area contributed by atoms with E-state index in [4.69, 9.17) is 15.3 Å². The number of hydrogen-bond donors (Lipinski definition) is 4. The molecule has 0 aromatic carbocycles. The molecule has 7 heteroatoms. The second kappa shape index (κ2) is 28.0. The zero-order chi connectivity index (χ0) is 25.2. The minimum atomic E-state index is -0.935. The number of carboxylic acids is 3. The van der Waals surface area contributed by atoms with Crippen LogP contribution in [0.4, 0.5) is 0 Å². The molecule has 3 N–H and O–H groups in total. The SMILES string of the molecule is C=C(C)C(=O)O.C=C(C)C(=O)O.C=C(C)C(=O)O.CCCCCCCCCCCCS. The Balaban J connectivity index is -0.000000171. The number of unbranched alkanes of at least 4 members (excludes halogenated alkanes) is 9. The van der Waals surface area contributed by atoms with Crippen LogP contribution in [-0.2, 0) is 14.4 Å². The highest BCUT2D eigenvalue weighted by Crippen LogP contribution is 2.10. The molecule has 0 heterocycles. The summed E-state index contributed by atoms with van der Waals surface area (Å²) in [5.41, 5.74) is 0.528. The van der Waals surface area contributed by atoms with Gasteiger partial charge in [0.2, 0.25) is 0 Å². The summed E-state index contributed by atoms with van der Waals surface area (Å²) in [6, 6.07) is 0. The zero-order valence-electron chi connectivity index (χ0n) is 19.9. The maximum absolute atomic E-state index is 9.60. The highest BCUT2D eigenvalue weighted by molar-refractivity contribution is 7.80. The second-order valence-corrected chi connectivity index (χ2v) is 7.61. The summed E-state index contributed by atoms with van der Waals surface area (Å²) in [6.07, 6.45) is 14.2. The van der Waals surface area contributed by atoms with E-state index in [1.807, 2.05) is 0 Å². The van der Waals surface area contributed by atoms with Crippen molar-refractivity contribution < 1.29 is 29.7 Å². The fourth-order valence-electron chi connectivity index (χ4n) is 1.60. The molecule has 0 spiro atoms. The van der Waals surface area contributed by atoms with Crippen LogP contribution in [0.1, 0.15) is 91.9 Å². The van der Waals surface area contributed by atoms with E-state index in [2.05, 4.69) is 39.3 Å². The van der Waals surface area contributed by atoms with Gasteiger partial charge in [-0.2, -0.15) is 12.6 Å². The molecule has 0 rings (SSSR count). The maximum Gasteiger partial charge on any atom is 0.330 e. The Kier molecular flexibility index (Phi) is 32.8. The van der Waals surface area contributed by atoms with Gasteiger partial charge in [0.05, 0.1) is 0 Å². The number of carboxylic acid groups (broad SMARTS) is 3. The molecular weight excluding hydrogens is 416 g/mol. The van der Waals surface area contributed by atoms with Crippen molar-refractivity contribution in [3.63, 3.8) is 0 Å². The molecule has 0 saturated heterocycles. The average molecular weight is 461 g/mol. The van der Waals surface area contributed by atoms with Gasteiger partial charge < -0.3 is 15.3 Å². The Hall–Kier alpha value is -2.02. The molecule has 0 bridgehead atoms. The lowest BCUT2D eigenvalue weighted by Gasteiger charge is -2.00. The first-order valence-corrected chi connectivity index (χ1v) is 11.2. The number of aliphatic carboxylic acids is 3. The average Bonchev–Trinajstić information content (AvgIpc) is 2.68. The molecule has 0 aliphatic carbocycles. The quantitative estimate of drug-likeness (QED) is 0.137. The smallest absolute Gasteiger partial charge is 0.330 e. The summed E-state index contributed by atoms with van der Waals surface area (Å²) in [5.74, 6) is -1.74. The third kappa shape index (κ3) is 47.3. The van der Waals surface area contributed by atoms with Crippen molar-refractivity contribution in [3.8, 4) is 0 Å². The summed E-state index contributed by atoms with van der Waals surface area (Å²) in [7, 11) is 0. The standard InChI is InChI=1S/C12H26S.3C4H6O2/c1-2-3-4-5-6-7-8-9-10-11-12-13;3*1-3(2)4(5)6/h13H,2-12H2,1H3;3*1H2,2H3,(H,5,6). The Morgan fingerprint density at radius 1 is 0.581 bits per heavy atom. The fraction of sp³-hybridized carbons (Fsp3) is 0.625. The van der Waals surface area contributed by atoms with Gasteiger partial charge >= 0.3 is 17.9 Å². The van der Waals surface area contributed by atoms with Gasteiger partial charge in [-0.15, -0.1) is 0 Å². The Morgan fingerprint density at radius 3 is 0.935 bits per heavy atom. The zero-order valence-corrected chi connectivity index (χ0v) is 20.8. The molecule has 0 aromatic rings. The van der Waals surface area contributed by atoms with Crippen LogP contribution in [0.25, 0.3) is 0 Å². The molecule has 0 aliphatic rings. The second-order valence-electron chi connectivity index (χ2n) is 7.16. The number of thiol groups is 1. The van der Waals surface area contributed by atoms with Gasteiger partial charge in [0, 0.05) is 16.7 Å². The first-order valence-electron chi connectivity index (χ1n) is 10.6. The topological polar surface area (TPSA) is 112 Å². The van der Waals surface area contributed by atoms with Gasteiger partial charge in [0.1, 0.15) is 0 Å². The van der Waals surface area contributed by atoms with Crippen molar-refractivity contribution in [1.29, 1.82) is 0 Å². The molecule has 0 radical (unpaired) electrons. The molecule has 0 fully saturated rings. The van der Waals surface area contributed by atoms with Crippen LogP contribution in [0, 0.1) is 0 Å². The van der Waals surface area contributed by atoms with Gasteiger partial charge in [-0.3, -0.25) is 0 Å². The molecule has 0 saturated carbocycles. The third-order valence-corrected chi connectivity index (χ3v) is 3.92. The number of rotatable bonds is 13. The predicted molar refractivity (Wildman–Crippen MR) is 133 cm³/mol. The van der Waals surface area contributed by atoms with Crippen molar-refractivity contribution in [2.24, 2.45) is 0 Å². The molecule has 31 heavy (non-hydrogen) atoms. The van der Waals surface area contributed by atoms with Crippen LogP contribution in [0.2, 0.25) is 0 Å². The van der Waals surface area contributed by atoms with E-state index < -0.39 is 17.9 Å².